The number of nitrogens with zero attached hydrogens (tertiary/aromatic N) is 3. The first-order valence-corrected chi connectivity index (χ1v) is 11.0. The van der Waals surface area contributed by atoms with Crippen LogP contribution in [0.15, 0.2) is 32.0 Å². The summed E-state index contributed by atoms with van der Waals surface area (Å²) in [4.78, 5) is 1.77. The predicted molar refractivity (Wildman–Crippen MR) is 101 cm³/mol. The van der Waals surface area contributed by atoms with Gasteiger partial charge in [0.1, 0.15) is 0 Å². The van der Waals surface area contributed by atoms with Crippen LogP contribution in [0.25, 0.3) is 0 Å². The average molecular weight is 497 g/mol. The molecule has 0 aliphatic carbocycles. The highest BCUT2D eigenvalue weighted by atomic mass is 79.9. The van der Waals surface area contributed by atoms with E-state index in [-0.39, 0.29) is 23.5 Å². The van der Waals surface area contributed by atoms with Crippen LogP contribution < -0.4 is 0 Å². The monoisotopic (exact) mass is 495 g/mol. The summed E-state index contributed by atoms with van der Waals surface area (Å²) in [5.74, 6) is 0. The molecule has 1 aromatic rings. The Balaban J connectivity index is 2.37. The van der Waals surface area contributed by atoms with E-state index in [0.717, 1.165) is 0 Å². The molecule has 1 fully saturated rings. The molecule has 1 saturated heterocycles. The molecule has 0 spiro atoms. The molecule has 1 heterocycles. The van der Waals surface area contributed by atoms with Gasteiger partial charge < -0.3 is 4.90 Å². The largest absolute Gasteiger partial charge is 0.306 e. The summed E-state index contributed by atoms with van der Waals surface area (Å²) in [6, 6.07) is 4.67. The van der Waals surface area contributed by atoms with Crippen LogP contribution in [0.2, 0.25) is 0 Å². The third-order valence-electron chi connectivity index (χ3n) is 4.33. The first-order chi connectivity index (χ1) is 11.8. The predicted octanol–water partition coefficient (Wildman–Crippen LogP) is 3.90. The summed E-state index contributed by atoms with van der Waals surface area (Å²) in [6.45, 7) is 2.03. The van der Waals surface area contributed by atoms with Crippen molar-refractivity contribution in [3.05, 3.63) is 27.1 Å². The molecule has 0 radical (unpaired) electrons. The Labute approximate surface area is 165 Å². The van der Waals surface area contributed by atoms with Crippen molar-refractivity contribution in [1.82, 2.24) is 9.21 Å². The van der Waals surface area contributed by atoms with E-state index in [2.05, 4.69) is 38.1 Å². The number of sulfonamides is 1. The van der Waals surface area contributed by atoms with Crippen molar-refractivity contribution in [1.29, 1.82) is 5.26 Å². The normalized spacial score (nSPS) is 20.9. The molecular weight excluding hydrogens is 477 g/mol. The van der Waals surface area contributed by atoms with E-state index in [4.69, 9.17) is 0 Å². The molecular formula is C16H20Br2FN3O2S. The first-order valence-electron chi connectivity index (χ1n) is 8.00. The molecule has 25 heavy (non-hydrogen) atoms. The minimum atomic E-state index is -3.78. The van der Waals surface area contributed by atoms with Gasteiger partial charge in [-0.1, -0.05) is 15.9 Å². The van der Waals surface area contributed by atoms with Gasteiger partial charge in [0, 0.05) is 34.1 Å². The lowest BCUT2D eigenvalue weighted by atomic mass is 10.2. The van der Waals surface area contributed by atoms with Crippen molar-refractivity contribution in [2.45, 2.75) is 43.2 Å². The molecule has 2 unspecified atom stereocenters. The summed E-state index contributed by atoms with van der Waals surface area (Å²) in [7, 11) is -3.78. The van der Waals surface area contributed by atoms with E-state index in [1.165, 1.54) is 4.31 Å². The number of nitriles is 1. The smallest absolute Gasteiger partial charge is 0.244 e. The minimum Gasteiger partial charge on any atom is -0.306 e. The third kappa shape index (κ3) is 4.73. The Morgan fingerprint density at radius 2 is 2.12 bits per heavy atom. The summed E-state index contributed by atoms with van der Waals surface area (Å²) in [5.41, 5.74) is 0. The molecule has 0 aromatic heterocycles. The zero-order valence-electron chi connectivity index (χ0n) is 13.8. The Hall–Kier alpha value is -0.690. The standard InChI is InChI=1S/C16H20Br2FN3O2S/c1-12-8-14(10-21(12)11-20)22(7-3-2-6-19)25(23,24)16-9-13(17)4-5-15(16)18/h4-5,9,12,14H,2-3,6-8,10H2,1H3. The molecule has 2 rings (SSSR count). The van der Waals surface area contributed by atoms with Crippen LogP contribution >= 0.6 is 31.9 Å². The summed E-state index contributed by atoms with van der Waals surface area (Å²) < 4.78 is 41.6. The lowest BCUT2D eigenvalue weighted by Gasteiger charge is -2.28. The second-order valence-electron chi connectivity index (χ2n) is 6.08. The molecule has 9 heteroatoms. The van der Waals surface area contributed by atoms with E-state index in [1.54, 1.807) is 23.1 Å². The molecule has 1 aliphatic rings. The second kappa shape index (κ2) is 8.80. The molecule has 5 nitrogen and oxygen atoms in total. The van der Waals surface area contributed by atoms with E-state index >= 15 is 0 Å². The molecule has 0 saturated carbocycles. The van der Waals surface area contributed by atoms with E-state index in [9.17, 15) is 18.1 Å². The van der Waals surface area contributed by atoms with E-state index < -0.39 is 16.7 Å². The van der Waals surface area contributed by atoms with Crippen LogP contribution in [0.3, 0.4) is 0 Å². The Morgan fingerprint density at radius 3 is 2.72 bits per heavy atom. The Morgan fingerprint density at radius 1 is 1.40 bits per heavy atom. The van der Waals surface area contributed by atoms with Crippen molar-refractivity contribution in [3.63, 3.8) is 0 Å². The summed E-state index contributed by atoms with van der Waals surface area (Å²) in [5, 5.41) is 9.20. The molecule has 138 valence electrons. The highest BCUT2D eigenvalue weighted by Crippen LogP contribution is 2.32. The fraction of sp³-hybridized carbons (Fsp3) is 0.562. The number of halogens is 3. The number of hydrogen-bond donors (Lipinski definition) is 0. The van der Waals surface area contributed by atoms with Gasteiger partial charge in [0.2, 0.25) is 10.0 Å². The van der Waals surface area contributed by atoms with Crippen LogP contribution in [0.4, 0.5) is 4.39 Å². The SMILES string of the molecule is CC1CC(N(CCCCF)S(=O)(=O)c2cc(Br)ccc2Br)CN1C#N. The van der Waals surface area contributed by atoms with Crippen LogP contribution in [-0.4, -0.2) is 49.5 Å². The van der Waals surface area contributed by atoms with Crippen LogP contribution in [-0.2, 0) is 10.0 Å². The van der Waals surface area contributed by atoms with Crippen LogP contribution in [0.1, 0.15) is 26.2 Å². The molecule has 0 N–H and O–H groups in total. The fourth-order valence-corrected chi connectivity index (χ4v) is 6.14. The maximum absolute atomic E-state index is 13.3. The van der Waals surface area contributed by atoms with Gasteiger partial charge in [-0.05, 0) is 60.3 Å². The van der Waals surface area contributed by atoms with Gasteiger partial charge >= 0.3 is 0 Å². The molecule has 0 amide bonds. The molecule has 2 atom stereocenters. The number of rotatable bonds is 7. The molecule has 1 aliphatic heterocycles. The fourth-order valence-electron chi connectivity index (χ4n) is 3.01. The lowest BCUT2D eigenvalue weighted by Crippen LogP contribution is -2.42. The average Bonchev–Trinajstić information content (AvgIpc) is 2.94. The van der Waals surface area contributed by atoms with Crippen molar-refractivity contribution in [2.24, 2.45) is 0 Å². The zero-order chi connectivity index (χ0) is 18.6. The van der Waals surface area contributed by atoms with Gasteiger partial charge in [-0.15, -0.1) is 0 Å². The van der Waals surface area contributed by atoms with Gasteiger partial charge in [-0.3, -0.25) is 4.39 Å². The second-order valence-corrected chi connectivity index (χ2v) is 9.71. The van der Waals surface area contributed by atoms with E-state index in [0.29, 0.717) is 34.8 Å². The number of benzene rings is 1. The number of alkyl halides is 1. The van der Waals surface area contributed by atoms with Crippen LogP contribution in [0, 0.1) is 11.5 Å². The van der Waals surface area contributed by atoms with Gasteiger partial charge in [0.25, 0.3) is 0 Å². The van der Waals surface area contributed by atoms with Gasteiger partial charge in [-0.25, -0.2) is 8.42 Å². The Bertz CT molecular complexity index is 754. The van der Waals surface area contributed by atoms with Gasteiger partial charge in [0.05, 0.1) is 11.6 Å². The summed E-state index contributed by atoms with van der Waals surface area (Å²) in [6.07, 6.45) is 3.45. The quantitative estimate of drug-likeness (QED) is 0.424. The number of hydrogen-bond acceptors (Lipinski definition) is 4. The minimum absolute atomic E-state index is 0.0141. The maximum Gasteiger partial charge on any atom is 0.244 e. The van der Waals surface area contributed by atoms with E-state index in [1.807, 2.05) is 6.92 Å². The topological polar surface area (TPSA) is 64.4 Å². The van der Waals surface area contributed by atoms with Gasteiger partial charge in [-0.2, -0.15) is 9.57 Å². The summed E-state index contributed by atoms with van der Waals surface area (Å²) >= 11 is 6.62. The van der Waals surface area contributed by atoms with Crippen molar-refractivity contribution < 1.29 is 12.8 Å². The third-order valence-corrected chi connectivity index (χ3v) is 7.77. The van der Waals surface area contributed by atoms with Crippen LogP contribution in [0.5, 0.6) is 0 Å². The van der Waals surface area contributed by atoms with Gasteiger partial charge in [0.15, 0.2) is 6.19 Å². The number of likely N-dealkylation sites (tertiary alicyclic amines) is 1. The number of unbranched alkanes of at least 4 members (excludes halogenated alkanes) is 1. The van der Waals surface area contributed by atoms with Crippen molar-refractivity contribution in [3.8, 4) is 6.19 Å². The Kier molecular flexibility index (Phi) is 7.26. The maximum atomic E-state index is 13.3. The zero-order valence-corrected chi connectivity index (χ0v) is 17.8. The highest BCUT2D eigenvalue weighted by Gasteiger charge is 2.39. The molecule has 0 bridgehead atoms. The van der Waals surface area contributed by atoms with Crippen molar-refractivity contribution in [2.75, 3.05) is 19.8 Å². The first kappa shape index (κ1) is 20.6. The molecule has 1 aromatic carbocycles. The van der Waals surface area contributed by atoms with Crippen molar-refractivity contribution >= 4 is 41.9 Å². The lowest BCUT2D eigenvalue weighted by molar-refractivity contribution is 0.307. The highest BCUT2D eigenvalue weighted by molar-refractivity contribution is 9.11.